The number of rotatable bonds is 2. The molecule has 0 N–H and O–H groups in total. The fourth-order valence-corrected chi connectivity index (χ4v) is 3.30. The predicted molar refractivity (Wildman–Crippen MR) is 75.2 cm³/mol. The summed E-state index contributed by atoms with van der Waals surface area (Å²) in [5.41, 5.74) is 1.16. The molecule has 0 aromatic carbocycles. The zero-order chi connectivity index (χ0) is 12.4. The van der Waals surface area contributed by atoms with Crippen molar-refractivity contribution in [2.24, 2.45) is 0 Å². The number of nitrogens with zero attached hydrogens (tertiary/aromatic N) is 3. The van der Waals surface area contributed by atoms with Crippen LogP contribution in [0.15, 0.2) is 18.3 Å². The zero-order valence-electron chi connectivity index (χ0n) is 10.7. The van der Waals surface area contributed by atoms with Crippen molar-refractivity contribution in [2.45, 2.75) is 31.2 Å². The van der Waals surface area contributed by atoms with Gasteiger partial charge in [-0.05, 0) is 43.5 Å². The first kappa shape index (κ1) is 12.2. The largest absolute Gasteiger partial charge is 0.355 e. The molecule has 0 spiro atoms. The molecule has 0 bridgehead atoms. The van der Waals surface area contributed by atoms with Gasteiger partial charge in [-0.1, -0.05) is 0 Å². The van der Waals surface area contributed by atoms with E-state index in [0.717, 1.165) is 30.5 Å². The van der Waals surface area contributed by atoms with E-state index in [1.54, 1.807) is 0 Å². The summed E-state index contributed by atoms with van der Waals surface area (Å²) in [7, 11) is 0. The SMILES string of the molecule is ClCc1ccnc(N2CCCN3CCCC3C2)c1. The minimum atomic E-state index is 0.568. The highest BCUT2D eigenvalue weighted by atomic mass is 35.5. The maximum atomic E-state index is 5.90. The molecule has 1 aromatic rings. The summed E-state index contributed by atoms with van der Waals surface area (Å²) in [5.74, 6) is 1.67. The Morgan fingerprint density at radius 2 is 2.17 bits per heavy atom. The summed E-state index contributed by atoms with van der Waals surface area (Å²) in [6.45, 7) is 4.77. The number of hydrogen-bond donors (Lipinski definition) is 0. The van der Waals surface area contributed by atoms with Crippen molar-refractivity contribution in [2.75, 3.05) is 31.1 Å². The minimum absolute atomic E-state index is 0.568. The number of halogens is 1. The Morgan fingerprint density at radius 3 is 3.06 bits per heavy atom. The molecule has 98 valence electrons. The number of pyridine rings is 1. The Morgan fingerprint density at radius 1 is 1.28 bits per heavy atom. The van der Waals surface area contributed by atoms with Gasteiger partial charge >= 0.3 is 0 Å². The molecule has 3 nitrogen and oxygen atoms in total. The molecule has 3 rings (SSSR count). The Kier molecular flexibility index (Phi) is 3.71. The third-order valence-corrected chi connectivity index (χ3v) is 4.40. The second-order valence-electron chi connectivity index (χ2n) is 5.29. The number of anilines is 1. The van der Waals surface area contributed by atoms with Gasteiger partial charge in [-0.15, -0.1) is 11.6 Å². The number of hydrogen-bond acceptors (Lipinski definition) is 3. The van der Waals surface area contributed by atoms with Crippen LogP contribution in [0.4, 0.5) is 5.82 Å². The minimum Gasteiger partial charge on any atom is -0.355 e. The van der Waals surface area contributed by atoms with Crippen molar-refractivity contribution in [3.63, 3.8) is 0 Å². The van der Waals surface area contributed by atoms with E-state index >= 15 is 0 Å². The molecule has 2 saturated heterocycles. The van der Waals surface area contributed by atoms with Crippen molar-refractivity contribution in [3.8, 4) is 0 Å². The van der Waals surface area contributed by atoms with E-state index in [-0.39, 0.29) is 0 Å². The molecule has 3 heterocycles. The van der Waals surface area contributed by atoms with E-state index in [2.05, 4.69) is 20.9 Å². The first-order valence-electron chi connectivity index (χ1n) is 6.87. The third kappa shape index (κ3) is 2.47. The average Bonchev–Trinajstić information content (AvgIpc) is 2.76. The molecule has 2 fully saturated rings. The van der Waals surface area contributed by atoms with Crippen LogP contribution in [0.3, 0.4) is 0 Å². The van der Waals surface area contributed by atoms with Crippen LogP contribution >= 0.6 is 11.6 Å². The van der Waals surface area contributed by atoms with Crippen molar-refractivity contribution in [3.05, 3.63) is 23.9 Å². The molecule has 2 aliphatic heterocycles. The molecule has 2 aliphatic rings. The van der Waals surface area contributed by atoms with Gasteiger partial charge in [0.15, 0.2) is 0 Å². The Bertz CT molecular complexity index is 410. The van der Waals surface area contributed by atoms with E-state index in [4.69, 9.17) is 11.6 Å². The first-order valence-corrected chi connectivity index (χ1v) is 7.40. The van der Waals surface area contributed by atoms with Crippen LogP contribution in [0.25, 0.3) is 0 Å². The standard InChI is InChI=1S/C14H20ClN3/c15-10-12-4-5-16-14(9-12)18-8-2-7-17-6-1-3-13(17)11-18/h4-5,9,13H,1-3,6-8,10-11H2. The lowest BCUT2D eigenvalue weighted by molar-refractivity contribution is 0.273. The van der Waals surface area contributed by atoms with E-state index in [1.165, 1.54) is 32.4 Å². The lowest BCUT2D eigenvalue weighted by atomic mass is 10.2. The molecule has 18 heavy (non-hydrogen) atoms. The van der Waals surface area contributed by atoms with Crippen LogP contribution in [-0.4, -0.2) is 42.1 Å². The molecule has 1 unspecified atom stereocenters. The summed E-state index contributed by atoms with van der Waals surface area (Å²) in [5, 5.41) is 0. The van der Waals surface area contributed by atoms with Gasteiger partial charge in [0.05, 0.1) is 0 Å². The smallest absolute Gasteiger partial charge is 0.128 e. The second kappa shape index (κ2) is 5.45. The van der Waals surface area contributed by atoms with Crippen LogP contribution in [-0.2, 0) is 5.88 Å². The van der Waals surface area contributed by atoms with Gasteiger partial charge in [0, 0.05) is 37.8 Å². The molecule has 0 aliphatic carbocycles. The van der Waals surface area contributed by atoms with Crippen LogP contribution in [0.5, 0.6) is 0 Å². The fraction of sp³-hybridized carbons (Fsp3) is 0.643. The van der Waals surface area contributed by atoms with Gasteiger partial charge in [0.25, 0.3) is 0 Å². The highest BCUT2D eigenvalue weighted by Gasteiger charge is 2.29. The maximum absolute atomic E-state index is 5.90. The van der Waals surface area contributed by atoms with Crippen molar-refractivity contribution in [1.29, 1.82) is 0 Å². The summed E-state index contributed by atoms with van der Waals surface area (Å²) in [6.07, 6.45) is 5.81. The van der Waals surface area contributed by atoms with E-state index in [0.29, 0.717) is 5.88 Å². The summed E-state index contributed by atoms with van der Waals surface area (Å²) in [4.78, 5) is 9.60. The molecule has 0 saturated carbocycles. The Labute approximate surface area is 114 Å². The van der Waals surface area contributed by atoms with Crippen molar-refractivity contribution in [1.82, 2.24) is 9.88 Å². The second-order valence-corrected chi connectivity index (χ2v) is 5.55. The monoisotopic (exact) mass is 265 g/mol. The zero-order valence-corrected chi connectivity index (χ0v) is 11.4. The van der Waals surface area contributed by atoms with Crippen LogP contribution in [0.1, 0.15) is 24.8 Å². The molecule has 1 aromatic heterocycles. The average molecular weight is 266 g/mol. The quantitative estimate of drug-likeness (QED) is 0.766. The highest BCUT2D eigenvalue weighted by Crippen LogP contribution is 2.24. The predicted octanol–water partition coefficient (Wildman–Crippen LogP) is 2.49. The third-order valence-electron chi connectivity index (χ3n) is 4.09. The number of fused-ring (bicyclic) bond motifs is 1. The van der Waals surface area contributed by atoms with E-state index in [9.17, 15) is 0 Å². The molecule has 0 radical (unpaired) electrons. The van der Waals surface area contributed by atoms with Crippen molar-refractivity contribution < 1.29 is 0 Å². The molecular weight excluding hydrogens is 246 g/mol. The molecule has 4 heteroatoms. The normalized spacial score (nSPS) is 24.9. The molecule has 0 amide bonds. The Balaban J connectivity index is 1.78. The van der Waals surface area contributed by atoms with Crippen LogP contribution in [0.2, 0.25) is 0 Å². The highest BCUT2D eigenvalue weighted by molar-refractivity contribution is 6.17. The van der Waals surface area contributed by atoms with Crippen molar-refractivity contribution >= 4 is 17.4 Å². The van der Waals surface area contributed by atoms with Crippen LogP contribution < -0.4 is 4.90 Å². The maximum Gasteiger partial charge on any atom is 0.128 e. The van der Waals surface area contributed by atoms with Gasteiger partial charge in [-0.3, -0.25) is 4.90 Å². The van der Waals surface area contributed by atoms with Gasteiger partial charge < -0.3 is 4.90 Å². The van der Waals surface area contributed by atoms with Gasteiger partial charge in [-0.2, -0.15) is 0 Å². The van der Waals surface area contributed by atoms with Crippen LogP contribution in [0, 0.1) is 0 Å². The van der Waals surface area contributed by atoms with Gasteiger partial charge in [0.1, 0.15) is 5.82 Å². The summed E-state index contributed by atoms with van der Waals surface area (Å²) in [6, 6.07) is 4.86. The molecular formula is C14H20ClN3. The number of alkyl halides is 1. The molecule has 1 atom stereocenters. The Hall–Kier alpha value is -0.800. The van der Waals surface area contributed by atoms with E-state index in [1.807, 2.05) is 12.3 Å². The number of aromatic nitrogens is 1. The first-order chi connectivity index (χ1) is 8.86. The summed E-state index contributed by atoms with van der Waals surface area (Å²) >= 11 is 5.90. The summed E-state index contributed by atoms with van der Waals surface area (Å²) < 4.78 is 0. The topological polar surface area (TPSA) is 19.4 Å². The lowest BCUT2D eigenvalue weighted by Crippen LogP contribution is -2.36. The van der Waals surface area contributed by atoms with Gasteiger partial charge in [-0.25, -0.2) is 4.98 Å². The lowest BCUT2D eigenvalue weighted by Gasteiger charge is -2.26. The van der Waals surface area contributed by atoms with Gasteiger partial charge in [0.2, 0.25) is 0 Å². The van der Waals surface area contributed by atoms with E-state index < -0.39 is 0 Å². The fourth-order valence-electron chi connectivity index (χ4n) is 3.13.